The van der Waals surface area contributed by atoms with Gasteiger partial charge >= 0.3 is 0 Å². The molecule has 18 heavy (non-hydrogen) atoms. The zero-order chi connectivity index (χ0) is 13.4. The van der Waals surface area contributed by atoms with Gasteiger partial charge in [-0.25, -0.2) is 0 Å². The molecule has 0 heterocycles. The van der Waals surface area contributed by atoms with Gasteiger partial charge in [0.2, 0.25) is 5.91 Å². The summed E-state index contributed by atoms with van der Waals surface area (Å²) in [5, 5.41) is 2.99. The van der Waals surface area contributed by atoms with Gasteiger partial charge in [0.05, 0.1) is 5.92 Å². The second-order valence-corrected chi connectivity index (χ2v) is 4.64. The van der Waals surface area contributed by atoms with Crippen LogP contribution in [0.1, 0.15) is 38.2 Å². The van der Waals surface area contributed by atoms with E-state index in [0.717, 1.165) is 18.4 Å². The van der Waals surface area contributed by atoms with Gasteiger partial charge < -0.3 is 5.32 Å². The van der Waals surface area contributed by atoms with E-state index in [1.807, 2.05) is 36.4 Å². The molecule has 0 aliphatic rings. The first-order valence-corrected chi connectivity index (χ1v) is 6.64. The fourth-order valence-corrected chi connectivity index (χ4v) is 2.04. The molecule has 0 saturated carbocycles. The van der Waals surface area contributed by atoms with Gasteiger partial charge in [-0.1, -0.05) is 56.7 Å². The molecule has 0 radical (unpaired) electrons. The van der Waals surface area contributed by atoms with E-state index in [2.05, 4.69) is 25.7 Å². The number of benzene rings is 1. The van der Waals surface area contributed by atoms with Gasteiger partial charge in [-0.15, -0.1) is 6.58 Å². The molecule has 2 atom stereocenters. The fourth-order valence-electron chi connectivity index (χ4n) is 2.04. The maximum atomic E-state index is 12.3. The minimum atomic E-state index is -0.0546. The van der Waals surface area contributed by atoms with Gasteiger partial charge in [0.25, 0.3) is 0 Å². The van der Waals surface area contributed by atoms with Crippen molar-refractivity contribution in [2.75, 3.05) is 6.54 Å². The Balaban J connectivity index is 2.79. The van der Waals surface area contributed by atoms with Gasteiger partial charge in [0.1, 0.15) is 0 Å². The lowest BCUT2D eigenvalue weighted by molar-refractivity contribution is -0.123. The second kappa shape index (κ2) is 7.70. The lowest BCUT2D eigenvalue weighted by Crippen LogP contribution is -2.33. The highest BCUT2D eigenvalue weighted by Crippen LogP contribution is 2.26. The van der Waals surface area contributed by atoms with Gasteiger partial charge in [-0.3, -0.25) is 4.79 Å². The van der Waals surface area contributed by atoms with Crippen molar-refractivity contribution >= 4 is 5.91 Å². The Morgan fingerprint density at radius 2 is 2.06 bits per heavy atom. The van der Waals surface area contributed by atoms with E-state index < -0.39 is 0 Å². The summed E-state index contributed by atoms with van der Waals surface area (Å²) in [6.45, 7) is 8.58. The van der Waals surface area contributed by atoms with E-state index in [0.29, 0.717) is 12.5 Å². The van der Waals surface area contributed by atoms with Crippen LogP contribution in [-0.4, -0.2) is 12.5 Å². The molecule has 98 valence electrons. The van der Waals surface area contributed by atoms with Crippen LogP contribution in [-0.2, 0) is 4.79 Å². The summed E-state index contributed by atoms with van der Waals surface area (Å²) in [4.78, 5) is 12.3. The van der Waals surface area contributed by atoms with Crippen molar-refractivity contribution in [2.45, 2.75) is 32.6 Å². The lowest BCUT2D eigenvalue weighted by Gasteiger charge is -2.22. The molecule has 1 amide bonds. The van der Waals surface area contributed by atoms with Gasteiger partial charge in [0, 0.05) is 6.54 Å². The summed E-state index contributed by atoms with van der Waals surface area (Å²) in [7, 11) is 0. The van der Waals surface area contributed by atoms with Crippen LogP contribution in [0.4, 0.5) is 0 Å². The number of hydrogen-bond acceptors (Lipinski definition) is 1. The molecule has 2 nitrogen and oxygen atoms in total. The fraction of sp³-hybridized carbons (Fsp3) is 0.438. The van der Waals surface area contributed by atoms with Crippen LogP contribution in [0.15, 0.2) is 43.0 Å². The smallest absolute Gasteiger partial charge is 0.227 e. The average Bonchev–Trinajstić information content (AvgIpc) is 2.40. The van der Waals surface area contributed by atoms with Crippen molar-refractivity contribution in [3.05, 3.63) is 48.6 Å². The molecule has 0 saturated heterocycles. The molecule has 2 heteroatoms. The Labute approximate surface area is 110 Å². The highest BCUT2D eigenvalue weighted by molar-refractivity contribution is 5.83. The average molecular weight is 245 g/mol. The lowest BCUT2D eigenvalue weighted by atomic mass is 9.85. The van der Waals surface area contributed by atoms with Gasteiger partial charge in [-0.2, -0.15) is 0 Å². The molecule has 0 fully saturated rings. The molecule has 1 aromatic carbocycles. The minimum Gasteiger partial charge on any atom is -0.355 e. The third-order valence-corrected chi connectivity index (χ3v) is 3.30. The molecule has 0 aliphatic carbocycles. The highest BCUT2D eigenvalue weighted by Gasteiger charge is 2.25. The molecule has 2 unspecified atom stereocenters. The van der Waals surface area contributed by atoms with Crippen LogP contribution < -0.4 is 5.32 Å². The van der Waals surface area contributed by atoms with Crippen molar-refractivity contribution < 1.29 is 4.79 Å². The van der Waals surface area contributed by atoms with Gasteiger partial charge in [0.15, 0.2) is 0 Å². The first-order valence-electron chi connectivity index (χ1n) is 6.64. The summed E-state index contributed by atoms with van der Waals surface area (Å²) in [5.74, 6) is 0.412. The largest absolute Gasteiger partial charge is 0.355 e. The molecule has 0 aliphatic heterocycles. The number of carbonyl (C=O) groups is 1. The summed E-state index contributed by atoms with van der Waals surface area (Å²) >= 11 is 0. The first kappa shape index (κ1) is 14.5. The van der Waals surface area contributed by atoms with Crippen LogP contribution in [0.25, 0.3) is 0 Å². The van der Waals surface area contributed by atoms with E-state index in [1.54, 1.807) is 0 Å². The number of rotatable bonds is 7. The third-order valence-electron chi connectivity index (χ3n) is 3.30. The van der Waals surface area contributed by atoms with Crippen LogP contribution >= 0.6 is 0 Å². The molecular formula is C16H23NO. The number of nitrogens with one attached hydrogen (secondary N) is 1. The Morgan fingerprint density at radius 1 is 1.39 bits per heavy atom. The van der Waals surface area contributed by atoms with Crippen molar-refractivity contribution in [3.8, 4) is 0 Å². The van der Waals surface area contributed by atoms with Crippen molar-refractivity contribution in [1.29, 1.82) is 0 Å². The summed E-state index contributed by atoms with van der Waals surface area (Å²) in [6, 6.07) is 10.0. The summed E-state index contributed by atoms with van der Waals surface area (Å²) < 4.78 is 0. The third kappa shape index (κ3) is 4.02. The number of hydrogen-bond donors (Lipinski definition) is 1. The highest BCUT2D eigenvalue weighted by atomic mass is 16.1. The maximum absolute atomic E-state index is 12.3. The predicted octanol–water partition coefficient (Wildman–Crippen LogP) is 3.51. The Hall–Kier alpha value is -1.57. The van der Waals surface area contributed by atoms with Gasteiger partial charge in [-0.05, 0) is 17.9 Å². The summed E-state index contributed by atoms with van der Waals surface area (Å²) in [6.07, 6.45) is 3.63. The Kier molecular flexibility index (Phi) is 6.20. The van der Waals surface area contributed by atoms with Crippen LogP contribution in [0.5, 0.6) is 0 Å². The first-order chi connectivity index (χ1) is 8.70. The van der Waals surface area contributed by atoms with Crippen molar-refractivity contribution in [1.82, 2.24) is 5.32 Å². The zero-order valence-electron chi connectivity index (χ0n) is 11.4. The molecule has 0 aromatic heterocycles. The van der Waals surface area contributed by atoms with E-state index in [1.165, 1.54) is 0 Å². The molecule has 1 rings (SSSR count). The number of amides is 1. The van der Waals surface area contributed by atoms with Crippen molar-refractivity contribution in [3.63, 3.8) is 0 Å². The number of carbonyl (C=O) groups excluding carboxylic acids is 1. The van der Waals surface area contributed by atoms with Crippen LogP contribution in [0.3, 0.4) is 0 Å². The normalized spacial score (nSPS) is 13.7. The minimum absolute atomic E-state index is 0.0546. The molecule has 1 aromatic rings. The van der Waals surface area contributed by atoms with E-state index >= 15 is 0 Å². The molecule has 0 spiro atoms. The molecular weight excluding hydrogens is 222 g/mol. The van der Waals surface area contributed by atoms with E-state index in [9.17, 15) is 4.79 Å². The monoisotopic (exact) mass is 245 g/mol. The molecule has 1 N–H and O–H groups in total. The standard InChI is InChI=1S/C16H23NO/c1-4-6-12-17-16(18)15(13(3)5-2)14-10-8-7-9-11-14/h4,7-11,13,15H,1,5-6,12H2,2-3H3,(H,17,18). The Morgan fingerprint density at radius 3 is 2.61 bits per heavy atom. The van der Waals surface area contributed by atoms with Crippen molar-refractivity contribution in [2.24, 2.45) is 5.92 Å². The quantitative estimate of drug-likeness (QED) is 0.578. The van der Waals surface area contributed by atoms with E-state index in [4.69, 9.17) is 0 Å². The maximum Gasteiger partial charge on any atom is 0.227 e. The zero-order valence-corrected chi connectivity index (χ0v) is 11.4. The summed E-state index contributed by atoms with van der Waals surface area (Å²) in [5.41, 5.74) is 1.10. The van der Waals surface area contributed by atoms with E-state index in [-0.39, 0.29) is 11.8 Å². The molecule has 0 bridgehead atoms. The Bertz CT molecular complexity index is 372. The topological polar surface area (TPSA) is 29.1 Å². The predicted molar refractivity (Wildman–Crippen MR) is 76.5 cm³/mol. The second-order valence-electron chi connectivity index (χ2n) is 4.64. The van der Waals surface area contributed by atoms with Crippen LogP contribution in [0, 0.1) is 5.92 Å². The van der Waals surface area contributed by atoms with Crippen LogP contribution in [0.2, 0.25) is 0 Å². The SMILES string of the molecule is C=CCCNC(=O)C(c1ccccc1)C(C)CC.